The van der Waals surface area contributed by atoms with Gasteiger partial charge in [-0.1, -0.05) is 64.8 Å². The van der Waals surface area contributed by atoms with Crippen LogP contribution in [-0.2, 0) is 17.9 Å². The molecule has 0 saturated heterocycles. The molecule has 3 heterocycles. The van der Waals surface area contributed by atoms with Gasteiger partial charge in [0.25, 0.3) is 5.89 Å². The van der Waals surface area contributed by atoms with Crippen LogP contribution in [0.25, 0.3) is 28.5 Å². The summed E-state index contributed by atoms with van der Waals surface area (Å²) in [7, 11) is 0. The first-order valence-electron chi connectivity index (χ1n) is 10.5. The molecule has 0 aliphatic heterocycles. The molecule has 1 N–H and O–H groups in total. The molecule has 0 bridgehead atoms. The molecule has 0 atom stereocenters. The number of benzene rings is 2. The molecule has 0 aliphatic rings. The summed E-state index contributed by atoms with van der Waals surface area (Å²) in [6, 6.07) is 18.4. The van der Waals surface area contributed by atoms with Gasteiger partial charge in [0, 0.05) is 23.3 Å². The quantitative estimate of drug-likeness (QED) is 0.403. The zero-order valence-electron chi connectivity index (χ0n) is 18.1. The van der Waals surface area contributed by atoms with E-state index in [4.69, 9.17) is 16.1 Å². The third kappa shape index (κ3) is 4.20. The zero-order valence-corrected chi connectivity index (χ0v) is 18.9. The molecule has 0 spiro atoms. The smallest absolute Gasteiger partial charge is 0.350 e. The standard InChI is InChI=1S/C24H19ClN6O3/c1-15-8-10-16(11-9-15)21-27-23(34-29-21)18-6-4-12-30-22(18)28-31(24(30)33)14-20(32)26-13-17-5-2-3-7-19(17)25/h2-12H,13-14H2,1H3,(H,26,32). The first-order chi connectivity index (χ1) is 16.5. The molecular weight excluding hydrogens is 456 g/mol. The molecule has 0 fully saturated rings. The van der Waals surface area contributed by atoms with Crippen molar-refractivity contribution >= 4 is 23.2 Å². The van der Waals surface area contributed by atoms with Crippen molar-refractivity contribution in [2.45, 2.75) is 20.0 Å². The average Bonchev–Trinajstić information content (AvgIpc) is 3.44. The Morgan fingerprint density at radius 3 is 2.68 bits per heavy atom. The van der Waals surface area contributed by atoms with Crippen molar-refractivity contribution in [3.05, 3.63) is 93.5 Å². The molecular formula is C24H19ClN6O3. The van der Waals surface area contributed by atoms with Gasteiger partial charge >= 0.3 is 5.69 Å². The van der Waals surface area contributed by atoms with Crippen LogP contribution in [0, 0.1) is 6.92 Å². The van der Waals surface area contributed by atoms with Gasteiger partial charge in [-0.3, -0.25) is 4.79 Å². The van der Waals surface area contributed by atoms with E-state index in [1.807, 2.05) is 49.4 Å². The van der Waals surface area contributed by atoms with Crippen LogP contribution in [0.2, 0.25) is 5.02 Å². The van der Waals surface area contributed by atoms with Crippen LogP contribution in [0.1, 0.15) is 11.1 Å². The lowest BCUT2D eigenvalue weighted by Crippen LogP contribution is -2.32. The Morgan fingerprint density at radius 2 is 1.88 bits per heavy atom. The van der Waals surface area contributed by atoms with Crippen molar-refractivity contribution in [1.29, 1.82) is 0 Å². The fraction of sp³-hybridized carbons (Fsp3) is 0.125. The Bertz CT molecular complexity index is 1550. The van der Waals surface area contributed by atoms with Gasteiger partial charge in [-0.2, -0.15) is 4.98 Å². The van der Waals surface area contributed by atoms with Gasteiger partial charge in [-0.25, -0.2) is 13.9 Å². The van der Waals surface area contributed by atoms with Crippen molar-refractivity contribution in [3.8, 4) is 22.8 Å². The van der Waals surface area contributed by atoms with Crippen molar-refractivity contribution in [3.63, 3.8) is 0 Å². The number of carbonyl (C=O) groups excluding carboxylic acids is 1. The van der Waals surface area contributed by atoms with Crippen molar-refractivity contribution in [2.75, 3.05) is 0 Å². The summed E-state index contributed by atoms with van der Waals surface area (Å²) in [5, 5.41) is 11.7. The normalized spacial score (nSPS) is 11.1. The summed E-state index contributed by atoms with van der Waals surface area (Å²) in [5.74, 6) is 0.283. The number of hydrogen-bond donors (Lipinski definition) is 1. The second-order valence-electron chi connectivity index (χ2n) is 7.71. The fourth-order valence-electron chi connectivity index (χ4n) is 3.49. The largest absolute Gasteiger partial charge is 0.350 e. The number of nitrogens with zero attached hydrogens (tertiary/aromatic N) is 5. The first-order valence-corrected chi connectivity index (χ1v) is 10.9. The predicted molar refractivity (Wildman–Crippen MR) is 126 cm³/mol. The number of aromatic nitrogens is 5. The molecule has 10 heteroatoms. The van der Waals surface area contributed by atoms with E-state index >= 15 is 0 Å². The highest BCUT2D eigenvalue weighted by Gasteiger charge is 2.18. The number of fused-ring (bicyclic) bond motifs is 1. The number of halogens is 1. The molecule has 9 nitrogen and oxygen atoms in total. The lowest BCUT2D eigenvalue weighted by Gasteiger charge is -2.06. The molecule has 1 amide bonds. The summed E-state index contributed by atoms with van der Waals surface area (Å²) in [5.41, 5.74) is 3.06. The molecule has 0 radical (unpaired) electrons. The number of hydrogen-bond acceptors (Lipinski definition) is 6. The zero-order chi connectivity index (χ0) is 23.7. The van der Waals surface area contributed by atoms with Gasteiger partial charge in [0.05, 0.1) is 5.56 Å². The molecule has 5 rings (SSSR count). The Hall–Kier alpha value is -4.24. The molecule has 2 aromatic carbocycles. The van der Waals surface area contributed by atoms with E-state index in [9.17, 15) is 9.59 Å². The van der Waals surface area contributed by atoms with Crippen LogP contribution in [-0.4, -0.2) is 30.2 Å². The third-order valence-electron chi connectivity index (χ3n) is 5.30. The molecule has 170 valence electrons. The van der Waals surface area contributed by atoms with Crippen LogP contribution in [0.5, 0.6) is 0 Å². The highest BCUT2D eigenvalue weighted by Crippen LogP contribution is 2.24. The van der Waals surface area contributed by atoms with E-state index in [2.05, 4.69) is 20.6 Å². The van der Waals surface area contributed by atoms with Crippen LogP contribution in [0.15, 0.2) is 76.2 Å². The van der Waals surface area contributed by atoms with Crippen LogP contribution in [0.4, 0.5) is 0 Å². The van der Waals surface area contributed by atoms with E-state index in [1.165, 1.54) is 4.40 Å². The highest BCUT2D eigenvalue weighted by molar-refractivity contribution is 6.31. The second-order valence-corrected chi connectivity index (χ2v) is 8.12. The number of aryl methyl sites for hydroxylation is 1. The highest BCUT2D eigenvalue weighted by atomic mass is 35.5. The molecule has 0 saturated carbocycles. The summed E-state index contributed by atoms with van der Waals surface area (Å²) in [4.78, 5) is 29.8. The van der Waals surface area contributed by atoms with Crippen molar-refractivity contribution in [2.24, 2.45) is 0 Å². The molecule has 3 aromatic heterocycles. The molecule has 5 aromatic rings. The summed E-state index contributed by atoms with van der Waals surface area (Å²) in [6.07, 6.45) is 1.57. The Balaban J connectivity index is 1.40. The summed E-state index contributed by atoms with van der Waals surface area (Å²) < 4.78 is 7.89. The molecule has 0 aliphatic carbocycles. The lowest BCUT2D eigenvalue weighted by molar-refractivity contribution is -0.122. The number of nitrogens with one attached hydrogen (secondary N) is 1. The number of carbonyl (C=O) groups is 1. The van der Waals surface area contributed by atoms with Crippen LogP contribution >= 0.6 is 11.6 Å². The second kappa shape index (κ2) is 8.95. The Morgan fingerprint density at radius 1 is 1.09 bits per heavy atom. The Kier molecular flexibility index (Phi) is 5.69. The third-order valence-corrected chi connectivity index (χ3v) is 5.67. The summed E-state index contributed by atoms with van der Waals surface area (Å²) in [6.45, 7) is 2.00. The molecule has 0 unspecified atom stereocenters. The van der Waals surface area contributed by atoms with Gasteiger partial charge in [-0.05, 0) is 30.7 Å². The van der Waals surface area contributed by atoms with E-state index in [0.717, 1.165) is 21.4 Å². The van der Waals surface area contributed by atoms with E-state index in [-0.39, 0.29) is 24.9 Å². The minimum absolute atomic E-state index is 0.224. The van der Waals surface area contributed by atoms with E-state index in [0.29, 0.717) is 22.1 Å². The maximum absolute atomic E-state index is 12.8. The fourth-order valence-corrected chi connectivity index (χ4v) is 3.69. The van der Waals surface area contributed by atoms with Gasteiger partial charge in [0.15, 0.2) is 5.65 Å². The first kappa shape index (κ1) is 21.6. The van der Waals surface area contributed by atoms with Gasteiger partial charge in [0.1, 0.15) is 6.54 Å². The number of rotatable bonds is 6. The summed E-state index contributed by atoms with van der Waals surface area (Å²) >= 11 is 6.13. The minimum atomic E-state index is -0.456. The van der Waals surface area contributed by atoms with Crippen molar-refractivity contribution < 1.29 is 9.32 Å². The Labute approximate surface area is 198 Å². The van der Waals surface area contributed by atoms with Gasteiger partial charge < -0.3 is 9.84 Å². The maximum Gasteiger partial charge on any atom is 0.350 e. The van der Waals surface area contributed by atoms with Crippen LogP contribution in [0.3, 0.4) is 0 Å². The van der Waals surface area contributed by atoms with E-state index in [1.54, 1.807) is 24.4 Å². The number of pyridine rings is 1. The maximum atomic E-state index is 12.8. The van der Waals surface area contributed by atoms with Gasteiger partial charge in [0.2, 0.25) is 11.7 Å². The van der Waals surface area contributed by atoms with E-state index < -0.39 is 5.69 Å². The van der Waals surface area contributed by atoms with Crippen LogP contribution < -0.4 is 11.0 Å². The molecule has 34 heavy (non-hydrogen) atoms. The average molecular weight is 475 g/mol. The lowest BCUT2D eigenvalue weighted by atomic mass is 10.1. The topological polar surface area (TPSA) is 107 Å². The van der Waals surface area contributed by atoms with Crippen molar-refractivity contribution in [1.82, 2.24) is 29.6 Å². The SMILES string of the molecule is Cc1ccc(-c2noc(-c3cccn4c(=O)n(CC(=O)NCc5ccccc5Cl)nc34)n2)cc1. The predicted octanol–water partition coefficient (Wildman–Crippen LogP) is 3.49. The number of amides is 1. The minimum Gasteiger partial charge on any atom is -0.350 e. The van der Waals surface area contributed by atoms with Gasteiger partial charge in [-0.15, -0.1) is 5.10 Å². The monoisotopic (exact) mass is 474 g/mol.